The topological polar surface area (TPSA) is 9.23 Å². The lowest BCUT2D eigenvalue weighted by atomic mass is 10.1. The standard InChI is InChI=1S/C20H38O/c1-17(2)11-7-9-13-19(5)15-21-16-20(6)14-10-8-12-18(3)4/h13-14,17-18H,7-12,15-16H2,1-6H3. The molecule has 0 aliphatic carbocycles. The second-order valence-corrected chi connectivity index (χ2v) is 7.24. The van der Waals surface area contributed by atoms with Crippen molar-refractivity contribution < 1.29 is 4.74 Å². The van der Waals surface area contributed by atoms with E-state index in [9.17, 15) is 0 Å². The molecule has 0 aliphatic heterocycles. The number of unbranched alkanes of at least 4 members (excludes halogenated alkanes) is 2. The first-order chi connectivity index (χ1) is 9.91. The Labute approximate surface area is 133 Å². The lowest BCUT2D eigenvalue weighted by Gasteiger charge is -2.07. The fourth-order valence-electron chi connectivity index (χ4n) is 2.24. The highest BCUT2D eigenvalue weighted by Gasteiger charge is 1.96. The molecule has 1 heteroatoms. The lowest BCUT2D eigenvalue weighted by molar-refractivity contribution is 0.179. The van der Waals surface area contributed by atoms with E-state index in [2.05, 4.69) is 53.7 Å². The SMILES string of the molecule is CC(=CCCCC(C)C)COCC(C)=CCCCC(C)C. The van der Waals surface area contributed by atoms with E-state index in [1.165, 1.54) is 49.7 Å². The average Bonchev–Trinajstić information content (AvgIpc) is 2.39. The molecule has 0 spiro atoms. The first-order valence-electron chi connectivity index (χ1n) is 8.80. The van der Waals surface area contributed by atoms with Crippen molar-refractivity contribution in [2.24, 2.45) is 11.8 Å². The molecule has 0 heterocycles. The maximum atomic E-state index is 5.78. The summed E-state index contributed by atoms with van der Waals surface area (Å²) in [5.41, 5.74) is 2.73. The Morgan fingerprint density at radius 2 is 1.14 bits per heavy atom. The summed E-state index contributed by atoms with van der Waals surface area (Å²) in [5, 5.41) is 0. The molecular formula is C20H38O. The molecule has 0 saturated carbocycles. The first kappa shape index (κ1) is 20.4. The maximum Gasteiger partial charge on any atom is 0.0678 e. The Hall–Kier alpha value is -0.560. The fraction of sp³-hybridized carbons (Fsp3) is 0.800. The van der Waals surface area contributed by atoms with E-state index in [1.807, 2.05) is 0 Å². The van der Waals surface area contributed by atoms with Crippen molar-refractivity contribution in [3.05, 3.63) is 23.3 Å². The summed E-state index contributed by atoms with van der Waals surface area (Å²) >= 11 is 0. The summed E-state index contributed by atoms with van der Waals surface area (Å²) < 4.78 is 5.78. The van der Waals surface area contributed by atoms with Crippen LogP contribution in [0.3, 0.4) is 0 Å². The van der Waals surface area contributed by atoms with E-state index in [-0.39, 0.29) is 0 Å². The fourth-order valence-corrected chi connectivity index (χ4v) is 2.24. The maximum absolute atomic E-state index is 5.78. The quantitative estimate of drug-likeness (QED) is 0.293. The molecule has 0 aromatic heterocycles. The highest BCUT2D eigenvalue weighted by atomic mass is 16.5. The molecule has 0 aromatic rings. The van der Waals surface area contributed by atoms with E-state index in [0.29, 0.717) is 0 Å². The van der Waals surface area contributed by atoms with Crippen LogP contribution in [-0.2, 0) is 4.74 Å². The van der Waals surface area contributed by atoms with Crippen LogP contribution < -0.4 is 0 Å². The summed E-state index contributed by atoms with van der Waals surface area (Å²) in [7, 11) is 0. The second kappa shape index (κ2) is 13.1. The number of allylic oxidation sites excluding steroid dienone is 2. The number of rotatable bonds is 12. The van der Waals surface area contributed by atoms with Crippen LogP contribution >= 0.6 is 0 Å². The minimum Gasteiger partial charge on any atom is -0.373 e. The molecule has 0 aliphatic rings. The smallest absolute Gasteiger partial charge is 0.0678 e. The van der Waals surface area contributed by atoms with Crippen LogP contribution in [0.5, 0.6) is 0 Å². The van der Waals surface area contributed by atoms with Gasteiger partial charge in [-0.25, -0.2) is 0 Å². The monoisotopic (exact) mass is 294 g/mol. The Bertz CT molecular complexity index is 267. The molecule has 0 fully saturated rings. The lowest BCUT2D eigenvalue weighted by Crippen LogP contribution is -1.99. The van der Waals surface area contributed by atoms with Gasteiger partial charge in [0.2, 0.25) is 0 Å². The van der Waals surface area contributed by atoms with Crippen LogP contribution in [0.25, 0.3) is 0 Å². The van der Waals surface area contributed by atoms with Crippen LogP contribution in [0.2, 0.25) is 0 Å². The van der Waals surface area contributed by atoms with Crippen molar-refractivity contribution in [3.8, 4) is 0 Å². The molecule has 124 valence electrons. The number of hydrogen-bond acceptors (Lipinski definition) is 1. The van der Waals surface area contributed by atoms with Gasteiger partial charge in [0.15, 0.2) is 0 Å². The van der Waals surface area contributed by atoms with Gasteiger partial charge in [0, 0.05) is 0 Å². The third-order valence-corrected chi connectivity index (χ3v) is 3.62. The predicted octanol–water partition coefficient (Wildman–Crippen LogP) is 6.55. The minimum atomic E-state index is 0.777. The van der Waals surface area contributed by atoms with E-state index in [4.69, 9.17) is 4.74 Å². The van der Waals surface area contributed by atoms with Crippen molar-refractivity contribution in [1.29, 1.82) is 0 Å². The van der Waals surface area contributed by atoms with Crippen LogP contribution in [0.1, 0.15) is 80.1 Å². The van der Waals surface area contributed by atoms with Crippen molar-refractivity contribution in [3.63, 3.8) is 0 Å². The Balaban J connectivity index is 3.66. The molecule has 0 unspecified atom stereocenters. The molecule has 0 radical (unpaired) electrons. The summed E-state index contributed by atoms with van der Waals surface area (Å²) in [6, 6.07) is 0. The molecule has 1 nitrogen and oxygen atoms in total. The van der Waals surface area contributed by atoms with Gasteiger partial charge in [0.1, 0.15) is 0 Å². The van der Waals surface area contributed by atoms with Gasteiger partial charge < -0.3 is 4.74 Å². The molecule has 0 N–H and O–H groups in total. The molecule has 0 bridgehead atoms. The van der Waals surface area contributed by atoms with Crippen molar-refractivity contribution >= 4 is 0 Å². The van der Waals surface area contributed by atoms with E-state index < -0.39 is 0 Å². The molecule has 0 rings (SSSR count). The largest absolute Gasteiger partial charge is 0.373 e. The molecular weight excluding hydrogens is 256 g/mol. The highest BCUT2D eigenvalue weighted by Crippen LogP contribution is 2.10. The van der Waals surface area contributed by atoms with Crippen LogP contribution in [0, 0.1) is 11.8 Å². The van der Waals surface area contributed by atoms with Crippen LogP contribution in [0.15, 0.2) is 23.3 Å². The zero-order chi connectivity index (χ0) is 16.1. The van der Waals surface area contributed by atoms with E-state index >= 15 is 0 Å². The van der Waals surface area contributed by atoms with Gasteiger partial charge in [-0.2, -0.15) is 0 Å². The summed E-state index contributed by atoms with van der Waals surface area (Å²) in [4.78, 5) is 0. The Kier molecular flexibility index (Phi) is 12.8. The number of ether oxygens (including phenoxy) is 1. The first-order valence-corrected chi connectivity index (χ1v) is 8.80. The van der Waals surface area contributed by atoms with E-state index in [1.54, 1.807) is 0 Å². The molecule has 0 atom stereocenters. The van der Waals surface area contributed by atoms with Crippen molar-refractivity contribution in [2.75, 3.05) is 13.2 Å². The highest BCUT2D eigenvalue weighted by molar-refractivity contribution is 5.01. The third kappa shape index (κ3) is 15.6. The minimum absolute atomic E-state index is 0.777. The molecule has 0 amide bonds. The van der Waals surface area contributed by atoms with Gasteiger partial charge in [-0.15, -0.1) is 0 Å². The number of hydrogen-bond donors (Lipinski definition) is 0. The van der Waals surface area contributed by atoms with Gasteiger partial charge in [0.25, 0.3) is 0 Å². The summed E-state index contributed by atoms with van der Waals surface area (Å²) in [6.07, 6.45) is 12.3. The van der Waals surface area contributed by atoms with Crippen LogP contribution in [-0.4, -0.2) is 13.2 Å². The van der Waals surface area contributed by atoms with Gasteiger partial charge in [0.05, 0.1) is 13.2 Å². The zero-order valence-electron chi connectivity index (χ0n) is 15.4. The zero-order valence-corrected chi connectivity index (χ0v) is 15.4. The van der Waals surface area contributed by atoms with Gasteiger partial charge in [-0.3, -0.25) is 0 Å². The summed E-state index contributed by atoms with van der Waals surface area (Å²) in [6.45, 7) is 15.1. The van der Waals surface area contributed by atoms with Gasteiger partial charge in [-0.1, -0.05) is 63.8 Å². The van der Waals surface area contributed by atoms with Crippen molar-refractivity contribution in [1.82, 2.24) is 0 Å². The summed E-state index contributed by atoms with van der Waals surface area (Å²) in [5.74, 6) is 1.64. The molecule has 21 heavy (non-hydrogen) atoms. The second-order valence-electron chi connectivity index (χ2n) is 7.24. The molecule has 0 saturated heterocycles. The van der Waals surface area contributed by atoms with Gasteiger partial charge >= 0.3 is 0 Å². The average molecular weight is 295 g/mol. The van der Waals surface area contributed by atoms with Crippen molar-refractivity contribution in [2.45, 2.75) is 80.1 Å². The third-order valence-electron chi connectivity index (χ3n) is 3.62. The van der Waals surface area contributed by atoms with Gasteiger partial charge in [-0.05, 0) is 51.4 Å². The molecule has 0 aromatic carbocycles. The van der Waals surface area contributed by atoms with Crippen LogP contribution in [0.4, 0.5) is 0 Å². The Morgan fingerprint density at radius 1 is 0.762 bits per heavy atom. The normalized spacial score (nSPS) is 13.5. The predicted molar refractivity (Wildman–Crippen MR) is 95.7 cm³/mol. The van der Waals surface area contributed by atoms with E-state index in [0.717, 1.165) is 25.0 Å². The Morgan fingerprint density at radius 3 is 1.48 bits per heavy atom.